The van der Waals surface area contributed by atoms with Crippen molar-refractivity contribution in [3.05, 3.63) is 41.4 Å². The van der Waals surface area contributed by atoms with Crippen LogP contribution in [-0.2, 0) is 4.79 Å². The van der Waals surface area contributed by atoms with Gasteiger partial charge in [0.25, 0.3) is 0 Å². The Hall–Kier alpha value is -1.61. The molecular formula is C13H12ClNO2. The van der Waals surface area contributed by atoms with E-state index in [2.05, 4.69) is 6.58 Å². The summed E-state index contributed by atoms with van der Waals surface area (Å²) in [4.78, 5) is 26.0. The first kappa shape index (κ1) is 11.9. The number of carbonyl (C=O) groups is 2. The second-order valence-electron chi connectivity index (χ2n) is 4.24. The SMILES string of the molecule is C=C(Cl)C1(C)C(=O)c2ccccc2N(C)C1=O. The number of anilines is 1. The number of amides is 1. The van der Waals surface area contributed by atoms with Crippen molar-refractivity contribution in [2.24, 2.45) is 5.41 Å². The molecule has 1 unspecified atom stereocenters. The Labute approximate surface area is 105 Å². The molecule has 88 valence electrons. The van der Waals surface area contributed by atoms with Crippen molar-refractivity contribution in [3.63, 3.8) is 0 Å². The number of halogens is 1. The lowest BCUT2D eigenvalue weighted by atomic mass is 9.77. The molecule has 1 aromatic carbocycles. The number of para-hydroxylation sites is 1. The topological polar surface area (TPSA) is 37.4 Å². The van der Waals surface area contributed by atoms with E-state index in [4.69, 9.17) is 11.6 Å². The molecule has 4 heteroatoms. The van der Waals surface area contributed by atoms with E-state index >= 15 is 0 Å². The molecular weight excluding hydrogens is 238 g/mol. The van der Waals surface area contributed by atoms with E-state index in [1.165, 1.54) is 11.8 Å². The lowest BCUT2D eigenvalue weighted by Gasteiger charge is -2.36. The molecule has 0 N–H and O–H groups in total. The average Bonchev–Trinajstić information content (AvgIpc) is 2.33. The van der Waals surface area contributed by atoms with E-state index in [-0.39, 0.29) is 16.7 Å². The summed E-state index contributed by atoms with van der Waals surface area (Å²) >= 11 is 5.86. The van der Waals surface area contributed by atoms with Gasteiger partial charge in [-0.25, -0.2) is 0 Å². The molecule has 0 bridgehead atoms. The molecule has 1 heterocycles. The van der Waals surface area contributed by atoms with Crippen LogP contribution in [-0.4, -0.2) is 18.7 Å². The van der Waals surface area contributed by atoms with Crippen molar-refractivity contribution < 1.29 is 9.59 Å². The molecule has 0 spiro atoms. The van der Waals surface area contributed by atoms with Crippen LogP contribution in [0.25, 0.3) is 0 Å². The van der Waals surface area contributed by atoms with Gasteiger partial charge < -0.3 is 4.90 Å². The summed E-state index contributed by atoms with van der Waals surface area (Å²) in [5.74, 6) is -0.641. The van der Waals surface area contributed by atoms with Gasteiger partial charge in [0, 0.05) is 17.6 Å². The van der Waals surface area contributed by atoms with Gasteiger partial charge in [-0.15, -0.1) is 0 Å². The number of Topliss-reactive ketones (excluding diaryl/α,β-unsaturated/α-hetero) is 1. The third-order valence-corrected chi connectivity index (χ3v) is 3.62. The summed E-state index contributed by atoms with van der Waals surface area (Å²) in [5, 5.41) is 0.0499. The molecule has 1 aromatic rings. The predicted molar refractivity (Wildman–Crippen MR) is 67.3 cm³/mol. The number of fused-ring (bicyclic) bond motifs is 1. The molecule has 1 amide bonds. The summed E-state index contributed by atoms with van der Waals surface area (Å²) in [6, 6.07) is 6.98. The molecule has 1 aliphatic rings. The second kappa shape index (κ2) is 3.70. The van der Waals surface area contributed by atoms with Crippen LogP contribution in [0.4, 0.5) is 5.69 Å². The van der Waals surface area contributed by atoms with Gasteiger partial charge in [0.2, 0.25) is 5.91 Å². The lowest BCUT2D eigenvalue weighted by molar-refractivity contribution is -0.123. The smallest absolute Gasteiger partial charge is 0.245 e. The minimum Gasteiger partial charge on any atom is -0.314 e. The highest BCUT2D eigenvalue weighted by molar-refractivity contribution is 6.39. The minimum atomic E-state index is -1.37. The zero-order chi connectivity index (χ0) is 12.8. The molecule has 0 aliphatic carbocycles. The third-order valence-electron chi connectivity index (χ3n) is 3.24. The number of hydrogen-bond acceptors (Lipinski definition) is 2. The maximum atomic E-state index is 12.3. The van der Waals surface area contributed by atoms with Crippen molar-refractivity contribution >= 4 is 29.0 Å². The Balaban J connectivity index is 2.71. The maximum absolute atomic E-state index is 12.3. The zero-order valence-electron chi connectivity index (χ0n) is 9.66. The fourth-order valence-electron chi connectivity index (χ4n) is 2.01. The van der Waals surface area contributed by atoms with Crippen molar-refractivity contribution in [2.45, 2.75) is 6.92 Å². The van der Waals surface area contributed by atoms with E-state index < -0.39 is 5.41 Å². The van der Waals surface area contributed by atoms with Crippen LogP contribution < -0.4 is 4.90 Å². The fourth-order valence-corrected chi connectivity index (χ4v) is 2.18. The number of ketones is 1. The van der Waals surface area contributed by atoms with Crippen LogP contribution in [0.3, 0.4) is 0 Å². The molecule has 0 saturated heterocycles. The number of hydrogen-bond donors (Lipinski definition) is 0. The highest BCUT2D eigenvalue weighted by atomic mass is 35.5. The molecule has 0 aromatic heterocycles. The van der Waals surface area contributed by atoms with Gasteiger partial charge in [0.1, 0.15) is 5.41 Å². The van der Waals surface area contributed by atoms with Crippen LogP contribution in [0.1, 0.15) is 17.3 Å². The van der Waals surface area contributed by atoms with Crippen molar-refractivity contribution in [3.8, 4) is 0 Å². The molecule has 0 fully saturated rings. The predicted octanol–water partition coefficient (Wildman–Crippen LogP) is 2.60. The summed E-state index contributed by atoms with van der Waals surface area (Å²) in [6.07, 6.45) is 0. The van der Waals surface area contributed by atoms with Crippen molar-refractivity contribution in [2.75, 3.05) is 11.9 Å². The summed E-state index contributed by atoms with van der Waals surface area (Å²) in [7, 11) is 1.63. The van der Waals surface area contributed by atoms with Gasteiger partial charge >= 0.3 is 0 Å². The van der Waals surface area contributed by atoms with Crippen LogP contribution in [0.5, 0.6) is 0 Å². The van der Waals surface area contributed by atoms with E-state index in [1.807, 2.05) is 0 Å². The molecule has 2 rings (SSSR count). The first-order chi connectivity index (χ1) is 7.90. The summed E-state index contributed by atoms with van der Waals surface area (Å²) in [5.41, 5.74) is -0.262. The van der Waals surface area contributed by atoms with Gasteiger partial charge in [0.15, 0.2) is 5.78 Å². The van der Waals surface area contributed by atoms with Crippen molar-refractivity contribution in [1.82, 2.24) is 0 Å². The zero-order valence-corrected chi connectivity index (χ0v) is 10.4. The van der Waals surface area contributed by atoms with Gasteiger partial charge in [-0.05, 0) is 19.1 Å². The molecule has 1 atom stereocenters. The van der Waals surface area contributed by atoms with E-state index in [0.29, 0.717) is 11.3 Å². The Kier molecular flexibility index (Phi) is 2.59. The molecule has 3 nitrogen and oxygen atoms in total. The normalized spacial score (nSPS) is 23.6. The number of rotatable bonds is 1. The Morgan fingerprint density at radius 3 is 2.53 bits per heavy atom. The lowest BCUT2D eigenvalue weighted by Crippen LogP contribution is -2.50. The Morgan fingerprint density at radius 2 is 1.94 bits per heavy atom. The molecule has 0 radical (unpaired) electrons. The molecule has 1 aliphatic heterocycles. The molecule has 0 saturated carbocycles. The van der Waals surface area contributed by atoms with Gasteiger partial charge in [-0.3, -0.25) is 9.59 Å². The van der Waals surface area contributed by atoms with Gasteiger partial charge in [-0.2, -0.15) is 0 Å². The fraction of sp³-hybridized carbons (Fsp3) is 0.231. The Bertz CT molecular complexity index is 538. The summed E-state index contributed by atoms with van der Waals surface area (Å²) in [6.45, 7) is 5.07. The van der Waals surface area contributed by atoms with Crippen LogP contribution in [0, 0.1) is 5.41 Å². The van der Waals surface area contributed by atoms with Gasteiger partial charge in [0.05, 0.1) is 5.69 Å². The van der Waals surface area contributed by atoms with Crippen LogP contribution >= 0.6 is 11.6 Å². The standard InChI is InChI=1S/C13H12ClNO2/c1-8(14)13(2)11(16)9-6-4-5-7-10(9)15(3)12(13)17/h4-7H,1H2,2-3H3. The van der Waals surface area contributed by atoms with Crippen LogP contribution in [0.15, 0.2) is 35.9 Å². The van der Waals surface area contributed by atoms with E-state index in [1.54, 1.807) is 31.3 Å². The van der Waals surface area contributed by atoms with Gasteiger partial charge in [-0.1, -0.05) is 30.3 Å². The summed E-state index contributed by atoms with van der Waals surface area (Å²) < 4.78 is 0. The van der Waals surface area contributed by atoms with Crippen molar-refractivity contribution in [1.29, 1.82) is 0 Å². The average molecular weight is 250 g/mol. The second-order valence-corrected chi connectivity index (χ2v) is 4.70. The largest absolute Gasteiger partial charge is 0.314 e. The third kappa shape index (κ3) is 1.42. The van der Waals surface area contributed by atoms with E-state index in [0.717, 1.165) is 0 Å². The molecule has 17 heavy (non-hydrogen) atoms. The number of carbonyl (C=O) groups excluding carboxylic acids is 2. The van der Waals surface area contributed by atoms with E-state index in [9.17, 15) is 9.59 Å². The highest BCUT2D eigenvalue weighted by Gasteiger charge is 2.49. The maximum Gasteiger partial charge on any atom is 0.245 e. The Morgan fingerprint density at radius 1 is 1.35 bits per heavy atom. The number of nitrogens with zero attached hydrogens (tertiary/aromatic N) is 1. The van der Waals surface area contributed by atoms with Crippen LogP contribution in [0.2, 0.25) is 0 Å². The number of benzene rings is 1. The monoisotopic (exact) mass is 249 g/mol. The first-order valence-electron chi connectivity index (χ1n) is 5.17. The quantitative estimate of drug-likeness (QED) is 0.718. The highest BCUT2D eigenvalue weighted by Crippen LogP contribution is 2.41. The first-order valence-corrected chi connectivity index (χ1v) is 5.55. The minimum absolute atomic E-state index is 0.0499.